The third-order valence-corrected chi connectivity index (χ3v) is 4.77. The first-order valence-corrected chi connectivity index (χ1v) is 8.14. The fraction of sp³-hybridized carbons (Fsp3) is 0.385. The van der Waals surface area contributed by atoms with Gasteiger partial charge >= 0.3 is 12.0 Å². The Morgan fingerprint density at radius 2 is 2.19 bits per heavy atom. The minimum Gasteiger partial charge on any atom is -0.480 e. The van der Waals surface area contributed by atoms with Crippen molar-refractivity contribution in [2.45, 2.75) is 19.0 Å². The number of benzene rings is 1. The number of amides is 2. The molecule has 21 heavy (non-hydrogen) atoms. The van der Waals surface area contributed by atoms with Gasteiger partial charge in [0.25, 0.3) is 0 Å². The van der Waals surface area contributed by atoms with Crippen LogP contribution in [0.5, 0.6) is 0 Å². The third kappa shape index (κ3) is 3.75. The Bertz CT molecular complexity index is 570. The first kappa shape index (κ1) is 16.3. The SMILES string of the molecule is CC(NC(=O)N1CSC[C@H]1C(=O)O)c1ccc(Cl)cc1Cl. The largest absolute Gasteiger partial charge is 0.480 e. The molecule has 114 valence electrons. The Kier molecular flexibility index (Phi) is 5.24. The molecule has 2 atom stereocenters. The predicted molar refractivity (Wildman–Crippen MR) is 84.0 cm³/mol. The van der Waals surface area contributed by atoms with E-state index in [0.29, 0.717) is 21.7 Å². The molecule has 0 aromatic heterocycles. The summed E-state index contributed by atoms with van der Waals surface area (Å²) in [7, 11) is 0. The molecule has 2 N–H and O–H groups in total. The molecule has 2 amide bonds. The first-order chi connectivity index (χ1) is 9.90. The highest BCUT2D eigenvalue weighted by Gasteiger charge is 2.35. The van der Waals surface area contributed by atoms with Crippen LogP contribution in [0.25, 0.3) is 0 Å². The fourth-order valence-corrected chi connectivity index (χ4v) is 3.76. The average molecular weight is 349 g/mol. The van der Waals surface area contributed by atoms with Crippen molar-refractivity contribution in [1.29, 1.82) is 0 Å². The van der Waals surface area contributed by atoms with Gasteiger partial charge in [0.05, 0.1) is 11.9 Å². The van der Waals surface area contributed by atoms with E-state index in [1.54, 1.807) is 25.1 Å². The molecule has 0 aliphatic carbocycles. The van der Waals surface area contributed by atoms with Crippen LogP contribution in [0.3, 0.4) is 0 Å². The summed E-state index contributed by atoms with van der Waals surface area (Å²) in [5.74, 6) is -0.227. The number of thioether (sulfide) groups is 1. The van der Waals surface area contributed by atoms with Gasteiger partial charge in [-0.3, -0.25) is 0 Å². The Morgan fingerprint density at radius 1 is 1.48 bits per heavy atom. The molecule has 1 heterocycles. The van der Waals surface area contributed by atoms with Crippen LogP contribution < -0.4 is 5.32 Å². The predicted octanol–water partition coefficient (Wildman–Crippen LogP) is 3.22. The number of urea groups is 1. The zero-order valence-corrected chi connectivity index (χ0v) is 13.5. The number of nitrogens with one attached hydrogen (secondary N) is 1. The lowest BCUT2D eigenvalue weighted by molar-refractivity contribution is -0.140. The van der Waals surface area contributed by atoms with Crippen molar-refractivity contribution in [2.24, 2.45) is 0 Å². The third-order valence-electron chi connectivity index (χ3n) is 3.20. The van der Waals surface area contributed by atoms with Crippen LogP contribution in [0.1, 0.15) is 18.5 Å². The zero-order valence-electron chi connectivity index (χ0n) is 11.2. The van der Waals surface area contributed by atoms with Gasteiger partial charge in [-0.05, 0) is 24.6 Å². The number of carbonyl (C=O) groups is 2. The number of rotatable bonds is 3. The van der Waals surface area contributed by atoms with Crippen molar-refractivity contribution in [3.05, 3.63) is 33.8 Å². The van der Waals surface area contributed by atoms with Gasteiger partial charge in [-0.25, -0.2) is 9.59 Å². The number of hydrogen-bond donors (Lipinski definition) is 2. The van der Waals surface area contributed by atoms with E-state index in [-0.39, 0.29) is 6.04 Å². The summed E-state index contributed by atoms with van der Waals surface area (Å²) in [6.07, 6.45) is 0. The normalized spacial score (nSPS) is 19.4. The molecule has 1 aromatic rings. The molecule has 0 bridgehead atoms. The minimum absolute atomic E-state index is 0.345. The van der Waals surface area contributed by atoms with E-state index in [0.717, 1.165) is 5.56 Å². The van der Waals surface area contributed by atoms with Crippen molar-refractivity contribution in [1.82, 2.24) is 10.2 Å². The number of carbonyl (C=O) groups excluding carboxylic acids is 1. The van der Waals surface area contributed by atoms with E-state index in [9.17, 15) is 9.59 Å². The monoisotopic (exact) mass is 348 g/mol. The van der Waals surface area contributed by atoms with Crippen molar-refractivity contribution in [3.63, 3.8) is 0 Å². The summed E-state index contributed by atoms with van der Waals surface area (Å²) >= 11 is 13.4. The smallest absolute Gasteiger partial charge is 0.327 e. The molecule has 1 unspecified atom stereocenters. The van der Waals surface area contributed by atoms with Crippen LogP contribution >= 0.6 is 35.0 Å². The van der Waals surface area contributed by atoms with Crippen molar-refractivity contribution >= 4 is 47.0 Å². The van der Waals surface area contributed by atoms with Gasteiger partial charge in [-0.2, -0.15) is 0 Å². The molecule has 1 fully saturated rings. The standard InChI is InChI=1S/C13H14Cl2N2O3S/c1-7(9-3-2-8(14)4-10(9)15)16-13(20)17-6-21-5-11(17)12(18)19/h2-4,7,11H,5-6H2,1H3,(H,16,20)(H,18,19)/t7?,11-/m0/s1. The highest BCUT2D eigenvalue weighted by atomic mass is 35.5. The molecule has 1 saturated heterocycles. The molecule has 1 aromatic carbocycles. The topological polar surface area (TPSA) is 69.6 Å². The van der Waals surface area contributed by atoms with Gasteiger partial charge in [0, 0.05) is 15.8 Å². The number of halogens is 2. The summed E-state index contributed by atoms with van der Waals surface area (Å²) in [6.45, 7) is 1.78. The summed E-state index contributed by atoms with van der Waals surface area (Å²) in [5.41, 5.74) is 0.730. The maximum atomic E-state index is 12.2. The molecule has 1 aliphatic rings. The second-order valence-corrected chi connectivity index (χ2v) is 6.50. The van der Waals surface area contributed by atoms with Crippen LogP contribution in [-0.2, 0) is 4.79 Å². The van der Waals surface area contributed by atoms with Gasteiger partial charge in [0.2, 0.25) is 0 Å². The molecule has 8 heteroatoms. The van der Waals surface area contributed by atoms with Crippen LogP contribution in [0, 0.1) is 0 Å². The summed E-state index contributed by atoms with van der Waals surface area (Å²) < 4.78 is 0. The minimum atomic E-state index is -0.993. The van der Waals surface area contributed by atoms with Crippen molar-refractivity contribution in [2.75, 3.05) is 11.6 Å². The second kappa shape index (κ2) is 6.77. The number of hydrogen-bond acceptors (Lipinski definition) is 3. The van der Waals surface area contributed by atoms with Gasteiger partial charge in [-0.15, -0.1) is 11.8 Å². The van der Waals surface area contributed by atoms with Crippen molar-refractivity contribution in [3.8, 4) is 0 Å². The number of carboxylic acids is 1. The molecule has 0 spiro atoms. The number of nitrogens with zero attached hydrogens (tertiary/aromatic N) is 1. The lowest BCUT2D eigenvalue weighted by atomic mass is 10.1. The second-order valence-electron chi connectivity index (χ2n) is 4.66. The van der Waals surface area contributed by atoms with E-state index in [1.807, 2.05) is 0 Å². The molecule has 0 saturated carbocycles. The maximum Gasteiger partial charge on any atom is 0.327 e. The highest BCUT2D eigenvalue weighted by Crippen LogP contribution is 2.27. The molecular weight excluding hydrogens is 335 g/mol. The summed E-state index contributed by atoms with van der Waals surface area (Å²) in [5, 5.41) is 12.8. The maximum absolute atomic E-state index is 12.2. The highest BCUT2D eigenvalue weighted by molar-refractivity contribution is 7.99. The van der Waals surface area contributed by atoms with Crippen LogP contribution in [0.15, 0.2) is 18.2 Å². The summed E-state index contributed by atoms with van der Waals surface area (Å²) in [4.78, 5) is 24.6. The van der Waals surface area contributed by atoms with Gasteiger partial charge in [-0.1, -0.05) is 29.3 Å². The number of aliphatic carboxylic acids is 1. The molecule has 1 aliphatic heterocycles. The Hall–Kier alpha value is -1.11. The van der Waals surface area contributed by atoms with Gasteiger partial charge < -0.3 is 15.3 Å². The average Bonchev–Trinajstić information content (AvgIpc) is 2.87. The Morgan fingerprint density at radius 3 is 2.81 bits per heavy atom. The van der Waals surface area contributed by atoms with Crippen LogP contribution in [-0.4, -0.2) is 39.7 Å². The molecular formula is C13H14Cl2N2O3S. The van der Waals surface area contributed by atoms with E-state index >= 15 is 0 Å². The van der Waals surface area contributed by atoms with Crippen molar-refractivity contribution < 1.29 is 14.7 Å². The summed E-state index contributed by atoms with van der Waals surface area (Å²) in [6, 6.07) is 3.49. The Labute approximate surface area is 136 Å². The first-order valence-electron chi connectivity index (χ1n) is 6.22. The van der Waals surface area contributed by atoms with Crippen LogP contribution in [0.2, 0.25) is 10.0 Å². The molecule has 2 rings (SSSR count). The lowest BCUT2D eigenvalue weighted by Crippen LogP contribution is -2.47. The lowest BCUT2D eigenvalue weighted by Gasteiger charge is -2.24. The van der Waals surface area contributed by atoms with E-state index in [1.165, 1.54) is 16.7 Å². The quantitative estimate of drug-likeness (QED) is 0.879. The van der Waals surface area contributed by atoms with Crippen LogP contribution in [0.4, 0.5) is 4.79 Å². The molecule has 0 radical (unpaired) electrons. The van der Waals surface area contributed by atoms with Gasteiger partial charge in [0.15, 0.2) is 0 Å². The number of carboxylic acid groups (broad SMARTS) is 1. The molecule has 5 nitrogen and oxygen atoms in total. The van der Waals surface area contributed by atoms with E-state index < -0.39 is 18.0 Å². The van der Waals surface area contributed by atoms with E-state index in [2.05, 4.69) is 5.32 Å². The van der Waals surface area contributed by atoms with Gasteiger partial charge in [0.1, 0.15) is 6.04 Å². The fourth-order valence-electron chi connectivity index (χ4n) is 2.05. The van der Waals surface area contributed by atoms with E-state index in [4.69, 9.17) is 28.3 Å². The Balaban J connectivity index is 2.06. The zero-order chi connectivity index (χ0) is 15.6.